The molecule has 2 heterocycles. The maximum absolute atomic E-state index is 12.2. The average molecular weight is 393 g/mol. The smallest absolute Gasteiger partial charge is 0.234 e. The number of anilines is 1. The lowest BCUT2D eigenvalue weighted by molar-refractivity contribution is -0.113. The van der Waals surface area contributed by atoms with Crippen LogP contribution in [0.4, 0.5) is 5.69 Å². The van der Waals surface area contributed by atoms with Crippen LogP contribution in [0.2, 0.25) is 0 Å². The van der Waals surface area contributed by atoms with Crippen LogP contribution < -0.4 is 5.32 Å². The molecule has 0 radical (unpaired) electrons. The van der Waals surface area contributed by atoms with Gasteiger partial charge in [0.15, 0.2) is 0 Å². The van der Waals surface area contributed by atoms with Gasteiger partial charge in [-0.05, 0) is 50.7 Å². The molecule has 4 rings (SSSR count). The molecular weight excluding hydrogens is 378 g/mol. The molecule has 0 aliphatic carbocycles. The van der Waals surface area contributed by atoms with Gasteiger partial charge < -0.3 is 5.32 Å². The molecule has 0 unspecified atom stereocenters. The SMILES string of the molecule is O=C(CSc1nnnn1Cc1ccccc1)Nc1ccc(-n2cnnn2)cc1. The second-order valence-electron chi connectivity index (χ2n) is 5.74. The van der Waals surface area contributed by atoms with Crippen molar-refractivity contribution in [2.75, 3.05) is 11.1 Å². The minimum absolute atomic E-state index is 0.144. The van der Waals surface area contributed by atoms with Crippen LogP contribution in [0.25, 0.3) is 5.69 Å². The first-order chi connectivity index (χ1) is 13.8. The van der Waals surface area contributed by atoms with Crippen molar-refractivity contribution < 1.29 is 4.79 Å². The third-order valence-corrected chi connectivity index (χ3v) is 4.73. The summed E-state index contributed by atoms with van der Waals surface area (Å²) in [4.78, 5) is 12.2. The highest BCUT2D eigenvalue weighted by molar-refractivity contribution is 7.99. The molecule has 0 saturated heterocycles. The van der Waals surface area contributed by atoms with Gasteiger partial charge in [-0.15, -0.1) is 10.2 Å². The van der Waals surface area contributed by atoms with Crippen molar-refractivity contribution in [2.45, 2.75) is 11.7 Å². The Morgan fingerprint density at radius 2 is 1.82 bits per heavy atom. The van der Waals surface area contributed by atoms with Gasteiger partial charge in [-0.2, -0.15) is 0 Å². The van der Waals surface area contributed by atoms with Crippen molar-refractivity contribution in [3.8, 4) is 5.69 Å². The van der Waals surface area contributed by atoms with Crippen LogP contribution in [0, 0.1) is 0 Å². The van der Waals surface area contributed by atoms with E-state index in [0.717, 1.165) is 11.3 Å². The topological polar surface area (TPSA) is 116 Å². The number of carbonyl (C=O) groups excluding carboxylic acids is 1. The molecule has 0 aliphatic rings. The molecule has 28 heavy (non-hydrogen) atoms. The Labute approximate surface area is 163 Å². The van der Waals surface area contributed by atoms with Gasteiger partial charge in [0.1, 0.15) is 6.33 Å². The Morgan fingerprint density at radius 3 is 2.57 bits per heavy atom. The van der Waals surface area contributed by atoms with E-state index in [0.29, 0.717) is 17.4 Å². The molecular formula is C17H15N9OS. The van der Waals surface area contributed by atoms with Crippen LogP contribution in [0.3, 0.4) is 0 Å². The lowest BCUT2D eigenvalue weighted by Gasteiger charge is -2.07. The zero-order valence-electron chi connectivity index (χ0n) is 14.6. The Kier molecular flexibility index (Phi) is 5.33. The van der Waals surface area contributed by atoms with Gasteiger partial charge in [-0.3, -0.25) is 4.79 Å². The van der Waals surface area contributed by atoms with Crippen LogP contribution >= 0.6 is 11.8 Å². The molecule has 0 spiro atoms. The number of hydrogen-bond acceptors (Lipinski definition) is 8. The van der Waals surface area contributed by atoms with Crippen molar-refractivity contribution in [1.82, 2.24) is 40.4 Å². The summed E-state index contributed by atoms with van der Waals surface area (Å²) in [6.45, 7) is 0.552. The van der Waals surface area contributed by atoms with Crippen molar-refractivity contribution in [3.63, 3.8) is 0 Å². The van der Waals surface area contributed by atoms with Crippen LogP contribution in [0.5, 0.6) is 0 Å². The van der Waals surface area contributed by atoms with Crippen molar-refractivity contribution >= 4 is 23.4 Å². The van der Waals surface area contributed by atoms with Crippen molar-refractivity contribution in [3.05, 3.63) is 66.5 Å². The van der Waals surface area contributed by atoms with E-state index >= 15 is 0 Å². The summed E-state index contributed by atoms with van der Waals surface area (Å²) < 4.78 is 3.21. The van der Waals surface area contributed by atoms with E-state index in [1.807, 2.05) is 42.5 Å². The molecule has 1 N–H and O–H groups in total. The second kappa shape index (κ2) is 8.39. The summed E-state index contributed by atoms with van der Waals surface area (Å²) in [5, 5.41) is 26.1. The van der Waals surface area contributed by atoms with Crippen LogP contribution in [0.15, 0.2) is 66.1 Å². The molecule has 0 saturated carbocycles. The predicted octanol–water partition coefficient (Wildman–Crippen LogP) is 1.43. The summed E-state index contributed by atoms with van der Waals surface area (Å²) in [6.07, 6.45) is 1.50. The Hall–Kier alpha value is -3.60. The molecule has 0 atom stereocenters. The van der Waals surface area contributed by atoms with Crippen LogP contribution in [-0.4, -0.2) is 52.1 Å². The molecule has 2 aromatic carbocycles. The number of benzene rings is 2. The molecule has 11 heteroatoms. The Bertz CT molecular complexity index is 1030. The lowest BCUT2D eigenvalue weighted by Crippen LogP contribution is -2.15. The number of nitrogens with one attached hydrogen (secondary N) is 1. The van der Waals surface area contributed by atoms with Gasteiger partial charge in [0.05, 0.1) is 18.0 Å². The first kappa shape index (κ1) is 17.8. The average Bonchev–Trinajstić information content (AvgIpc) is 3.40. The van der Waals surface area contributed by atoms with E-state index in [1.54, 1.807) is 16.8 Å². The summed E-state index contributed by atoms with van der Waals surface area (Å²) >= 11 is 1.29. The number of nitrogens with zero attached hydrogens (tertiary/aromatic N) is 8. The minimum Gasteiger partial charge on any atom is -0.325 e. The molecule has 10 nitrogen and oxygen atoms in total. The number of amides is 1. The monoisotopic (exact) mass is 393 g/mol. The predicted molar refractivity (Wildman–Crippen MR) is 102 cm³/mol. The molecule has 4 aromatic rings. The number of hydrogen-bond donors (Lipinski definition) is 1. The van der Waals surface area contributed by atoms with Crippen LogP contribution in [0.1, 0.15) is 5.56 Å². The van der Waals surface area contributed by atoms with E-state index < -0.39 is 0 Å². The normalized spacial score (nSPS) is 10.7. The van der Waals surface area contributed by atoms with E-state index in [-0.39, 0.29) is 11.7 Å². The van der Waals surface area contributed by atoms with Gasteiger partial charge in [0.25, 0.3) is 0 Å². The maximum atomic E-state index is 12.2. The molecule has 0 bridgehead atoms. The fourth-order valence-corrected chi connectivity index (χ4v) is 3.14. The number of aromatic nitrogens is 8. The highest BCUT2D eigenvalue weighted by Crippen LogP contribution is 2.17. The van der Waals surface area contributed by atoms with Crippen LogP contribution in [-0.2, 0) is 11.3 Å². The third kappa shape index (κ3) is 4.38. The van der Waals surface area contributed by atoms with Gasteiger partial charge in [-0.1, -0.05) is 42.1 Å². The van der Waals surface area contributed by atoms with Gasteiger partial charge in [0.2, 0.25) is 11.1 Å². The summed E-state index contributed by atoms with van der Waals surface area (Å²) in [6, 6.07) is 17.1. The Balaban J connectivity index is 1.32. The third-order valence-electron chi connectivity index (χ3n) is 3.77. The largest absolute Gasteiger partial charge is 0.325 e. The number of rotatable bonds is 7. The number of carbonyl (C=O) groups is 1. The highest BCUT2D eigenvalue weighted by atomic mass is 32.2. The van der Waals surface area contributed by atoms with Gasteiger partial charge in [0, 0.05) is 5.69 Å². The summed E-state index contributed by atoms with van der Waals surface area (Å²) in [7, 11) is 0. The van der Waals surface area contributed by atoms with E-state index in [9.17, 15) is 4.79 Å². The quantitative estimate of drug-likeness (QED) is 0.469. The standard InChI is InChI=1S/C17H15N9OS/c27-16(19-14-6-8-15(9-7-14)26-12-18-21-23-26)11-28-17-20-22-24-25(17)10-13-4-2-1-3-5-13/h1-9,12H,10-11H2,(H,19,27). The number of tetrazole rings is 2. The fraction of sp³-hybridized carbons (Fsp3) is 0.118. The molecule has 0 fully saturated rings. The number of thioether (sulfide) groups is 1. The van der Waals surface area contributed by atoms with Crippen molar-refractivity contribution in [1.29, 1.82) is 0 Å². The lowest BCUT2D eigenvalue weighted by atomic mass is 10.2. The maximum Gasteiger partial charge on any atom is 0.234 e. The van der Waals surface area contributed by atoms with Crippen molar-refractivity contribution in [2.24, 2.45) is 0 Å². The second-order valence-corrected chi connectivity index (χ2v) is 6.69. The summed E-state index contributed by atoms with van der Waals surface area (Å²) in [5.74, 6) is 0.0543. The molecule has 140 valence electrons. The molecule has 1 amide bonds. The highest BCUT2D eigenvalue weighted by Gasteiger charge is 2.11. The molecule has 0 aliphatic heterocycles. The first-order valence-corrected chi connectivity index (χ1v) is 9.33. The van der Waals surface area contributed by atoms with Gasteiger partial charge in [-0.25, -0.2) is 9.36 Å². The minimum atomic E-state index is -0.144. The zero-order chi connectivity index (χ0) is 19.2. The Morgan fingerprint density at radius 1 is 1.00 bits per heavy atom. The molecule has 2 aromatic heterocycles. The van der Waals surface area contributed by atoms with E-state index in [4.69, 9.17) is 0 Å². The van der Waals surface area contributed by atoms with Gasteiger partial charge >= 0.3 is 0 Å². The van der Waals surface area contributed by atoms with E-state index in [1.165, 1.54) is 22.8 Å². The summed E-state index contributed by atoms with van der Waals surface area (Å²) in [5.41, 5.74) is 2.58. The van der Waals surface area contributed by atoms with E-state index in [2.05, 4.69) is 36.4 Å². The fourth-order valence-electron chi connectivity index (χ4n) is 2.46. The zero-order valence-corrected chi connectivity index (χ0v) is 15.4. The first-order valence-electron chi connectivity index (χ1n) is 8.34.